The molecule has 3 aromatic heterocycles. The number of phosphoric acid groups is 1. The topological polar surface area (TPSA) is 214 Å². The van der Waals surface area contributed by atoms with Crippen molar-refractivity contribution in [2.45, 2.75) is 44.7 Å². The van der Waals surface area contributed by atoms with E-state index in [1.807, 2.05) is 0 Å². The standard InChI is InChI=1S/C21H26N7O8P/c1-11(2)15(22)21(30)36-14-7-13(8-34-37(31,32)33)35-20(14)28-10-26-16-17(24-9-25-18(16)28)27-19(29)12-3-5-23-6-4-12/h3-6,9-11,13-15,20H,7-8,22H2,1-2H3,(H2,31,32,33)(H,24,25,27,29)/t13-,14?,15?,20+/m0/s1. The SMILES string of the molecule is CC(C)C(N)C(=O)OC1C[C@@H](COP(=O)(O)O)O[C@H]1n1cnc2c(NC(=O)c3ccncc3)ncnc21. The summed E-state index contributed by atoms with van der Waals surface area (Å²) in [5.41, 5.74) is 6.80. The molecule has 0 radical (unpaired) electrons. The number of phosphoric ester groups is 1. The number of esters is 1. The molecule has 4 heterocycles. The number of hydrogen-bond donors (Lipinski definition) is 4. The lowest BCUT2D eigenvalue weighted by Gasteiger charge is -2.23. The van der Waals surface area contributed by atoms with Crippen LogP contribution >= 0.6 is 7.82 Å². The molecule has 0 saturated carbocycles. The summed E-state index contributed by atoms with van der Waals surface area (Å²) in [4.78, 5) is 59.9. The molecule has 4 rings (SSSR count). The minimum Gasteiger partial charge on any atom is -0.456 e. The number of imidazole rings is 1. The predicted molar refractivity (Wildman–Crippen MR) is 127 cm³/mol. The maximum Gasteiger partial charge on any atom is 0.469 e. The minimum atomic E-state index is -4.75. The lowest BCUT2D eigenvalue weighted by Crippen LogP contribution is -2.40. The number of anilines is 1. The van der Waals surface area contributed by atoms with Crippen LogP contribution in [0.2, 0.25) is 0 Å². The fourth-order valence-corrected chi connectivity index (χ4v) is 4.03. The number of carbonyl (C=O) groups excluding carboxylic acids is 2. The first kappa shape index (κ1) is 26.7. The first-order chi connectivity index (χ1) is 17.5. The molecule has 0 aliphatic carbocycles. The molecule has 1 saturated heterocycles. The molecule has 1 amide bonds. The quantitative estimate of drug-likeness (QED) is 0.220. The number of pyridine rings is 1. The summed E-state index contributed by atoms with van der Waals surface area (Å²) < 4.78 is 28.8. The van der Waals surface area contributed by atoms with Crippen molar-refractivity contribution in [3.63, 3.8) is 0 Å². The van der Waals surface area contributed by atoms with E-state index in [4.69, 9.17) is 25.0 Å². The van der Waals surface area contributed by atoms with E-state index in [1.54, 1.807) is 26.0 Å². The van der Waals surface area contributed by atoms with Crippen LogP contribution in [0.4, 0.5) is 5.82 Å². The molecular weight excluding hydrogens is 509 g/mol. The Bertz CT molecular complexity index is 1310. The van der Waals surface area contributed by atoms with Gasteiger partial charge in [-0.2, -0.15) is 0 Å². The van der Waals surface area contributed by atoms with Crippen LogP contribution in [-0.2, 0) is 23.4 Å². The maximum atomic E-state index is 12.6. The average Bonchev–Trinajstić information content (AvgIpc) is 3.46. The highest BCUT2D eigenvalue weighted by Crippen LogP contribution is 2.39. The second kappa shape index (κ2) is 11.0. The largest absolute Gasteiger partial charge is 0.469 e. The van der Waals surface area contributed by atoms with Crippen LogP contribution in [0.15, 0.2) is 37.2 Å². The Hall–Kier alpha value is -3.33. The van der Waals surface area contributed by atoms with Crippen molar-refractivity contribution in [3.8, 4) is 0 Å². The van der Waals surface area contributed by atoms with E-state index >= 15 is 0 Å². The van der Waals surface area contributed by atoms with Gasteiger partial charge >= 0.3 is 13.8 Å². The molecule has 15 nitrogen and oxygen atoms in total. The van der Waals surface area contributed by atoms with E-state index in [0.717, 1.165) is 0 Å². The number of nitrogens with one attached hydrogen (secondary N) is 1. The average molecular weight is 535 g/mol. The highest BCUT2D eigenvalue weighted by atomic mass is 31.2. The van der Waals surface area contributed by atoms with E-state index in [-0.39, 0.29) is 29.3 Å². The molecule has 0 aromatic carbocycles. The summed E-state index contributed by atoms with van der Waals surface area (Å²) in [6.07, 6.45) is 2.94. The van der Waals surface area contributed by atoms with Crippen LogP contribution in [-0.4, -0.2) is 71.0 Å². The number of fused-ring (bicyclic) bond motifs is 1. The van der Waals surface area contributed by atoms with Crippen LogP contribution in [0.1, 0.15) is 36.9 Å². The molecule has 4 atom stereocenters. The summed E-state index contributed by atoms with van der Waals surface area (Å²) in [7, 11) is -4.75. The summed E-state index contributed by atoms with van der Waals surface area (Å²) >= 11 is 0. The third-order valence-electron chi connectivity index (χ3n) is 5.64. The van der Waals surface area contributed by atoms with Crippen molar-refractivity contribution in [2.75, 3.05) is 11.9 Å². The highest BCUT2D eigenvalue weighted by Gasteiger charge is 2.42. The summed E-state index contributed by atoms with van der Waals surface area (Å²) in [6, 6.07) is 2.20. The Morgan fingerprint density at radius 2 is 2.00 bits per heavy atom. The first-order valence-corrected chi connectivity index (χ1v) is 12.8. The van der Waals surface area contributed by atoms with E-state index in [2.05, 4.69) is 29.8 Å². The highest BCUT2D eigenvalue weighted by molar-refractivity contribution is 7.46. The van der Waals surface area contributed by atoms with Crippen molar-refractivity contribution in [1.29, 1.82) is 0 Å². The van der Waals surface area contributed by atoms with E-state index in [1.165, 1.54) is 29.6 Å². The van der Waals surface area contributed by atoms with Crippen molar-refractivity contribution in [3.05, 3.63) is 42.7 Å². The van der Waals surface area contributed by atoms with Gasteiger partial charge < -0.3 is 30.3 Å². The second-order valence-electron chi connectivity index (χ2n) is 8.65. The Kier molecular flexibility index (Phi) is 7.92. The van der Waals surface area contributed by atoms with E-state index in [9.17, 15) is 14.2 Å². The lowest BCUT2D eigenvalue weighted by molar-refractivity contribution is -0.157. The molecule has 0 spiro atoms. The molecule has 0 bridgehead atoms. The normalized spacial score (nSPS) is 20.8. The number of nitrogens with zero attached hydrogens (tertiary/aromatic N) is 5. The van der Waals surface area contributed by atoms with Crippen LogP contribution in [0.25, 0.3) is 11.2 Å². The Labute approximate surface area is 210 Å². The van der Waals surface area contributed by atoms with Crippen molar-refractivity contribution in [2.24, 2.45) is 11.7 Å². The second-order valence-corrected chi connectivity index (χ2v) is 9.89. The van der Waals surface area contributed by atoms with Gasteiger partial charge in [-0.05, 0) is 18.1 Å². The van der Waals surface area contributed by atoms with Gasteiger partial charge in [0.25, 0.3) is 5.91 Å². The fraction of sp³-hybridized carbons (Fsp3) is 0.429. The van der Waals surface area contributed by atoms with Gasteiger partial charge in [-0.25, -0.2) is 19.5 Å². The summed E-state index contributed by atoms with van der Waals surface area (Å²) in [5, 5.41) is 2.68. The molecular formula is C21H26N7O8P. The van der Waals surface area contributed by atoms with Crippen LogP contribution in [0.5, 0.6) is 0 Å². The summed E-state index contributed by atoms with van der Waals surface area (Å²) in [5.74, 6) is -1.14. The van der Waals surface area contributed by atoms with Gasteiger partial charge in [0.15, 0.2) is 23.2 Å². The maximum absolute atomic E-state index is 12.6. The number of aromatic nitrogens is 5. The predicted octanol–water partition coefficient (Wildman–Crippen LogP) is 0.765. The molecule has 2 unspecified atom stereocenters. The van der Waals surface area contributed by atoms with Crippen LogP contribution < -0.4 is 11.1 Å². The molecule has 198 valence electrons. The third kappa shape index (κ3) is 6.33. The number of amides is 1. The zero-order chi connectivity index (χ0) is 26.7. The zero-order valence-electron chi connectivity index (χ0n) is 19.9. The molecule has 1 aliphatic rings. The number of hydrogen-bond acceptors (Lipinski definition) is 11. The Morgan fingerprint density at radius 3 is 2.68 bits per heavy atom. The number of rotatable bonds is 9. The van der Waals surface area contributed by atoms with Gasteiger partial charge in [-0.3, -0.25) is 23.7 Å². The van der Waals surface area contributed by atoms with Crippen molar-refractivity contribution in [1.82, 2.24) is 24.5 Å². The van der Waals surface area contributed by atoms with Crippen LogP contribution in [0, 0.1) is 5.92 Å². The number of nitrogens with two attached hydrogens (primary N) is 1. The van der Waals surface area contributed by atoms with Crippen LogP contribution in [0.3, 0.4) is 0 Å². The van der Waals surface area contributed by atoms with Gasteiger partial charge in [0.1, 0.15) is 18.5 Å². The summed E-state index contributed by atoms with van der Waals surface area (Å²) in [6.45, 7) is 3.10. The van der Waals surface area contributed by atoms with E-state index < -0.39 is 50.8 Å². The van der Waals surface area contributed by atoms with Gasteiger partial charge in [0.05, 0.1) is 19.0 Å². The first-order valence-electron chi connectivity index (χ1n) is 11.2. The smallest absolute Gasteiger partial charge is 0.456 e. The minimum absolute atomic E-state index is 0.0671. The Balaban J connectivity index is 1.61. The van der Waals surface area contributed by atoms with Gasteiger partial charge in [-0.1, -0.05) is 13.8 Å². The fourth-order valence-electron chi connectivity index (χ4n) is 3.67. The molecule has 1 fully saturated rings. The molecule has 37 heavy (non-hydrogen) atoms. The molecule has 5 N–H and O–H groups in total. The van der Waals surface area contributed by atoms with Gasteiger partial charge in [0, 0.05) is 24.4 Å². The van der Waals surface area contributed by atoms with Gasteiger partial charge in [-0.15, -0.1) is 0 Å². The zero-order valence-corrected chi connectivity index (χ0v) is 20.8. The molecule has 1 aliphatic heterocycles. The number of carbonyl (C=O) groups is 2. The molecule has 3 aromatic rings. The monoisotopic (exact) mass is 535 g/mol. The van der Waals surface area contributed by atoms with Crippen molar-refractivity contribution < 1.29 is 37.9 Å². The van der Waals surface area contributed by atoms with Gasteiger partial charge in [0.2, 0.25) is 0 Å². The van der Waals surface area contributed by atoms with E-state index in [0.29, 0.717) is 5.56 Å². The number of ether oxygens (including phenoxy) is 2. The van der Waals surface area contributed by atoms with Crippen molar-refractivity contribution >= 4 is 36.7 Å². The molecule has 16 heteroatoms. The Morgan fingerprint density at radius 1 is 1.27 bits per heavy atom. The lowest BCUT2D eigenvalue weighted by atomic mass is 10.1. The third-order valence-corrected chi connectivity index (χ3v) is 6.12.